The normalized spacial score (nSPS) is 18.5. The molecule has 1 amide bonds. The molecule has 2 rings (SSSR count). The third-order valence-electron chi connectivity index (χ3n) is 4.18. The van der Waals surface area contributed by atoms with Crippen molar-refractivity contribution in [1.82, 2.24) is 10.6 Å². The van der Waals surface area contributed by atoms with Gasteiger partial charge in [-0.1, -0.05) is 12.8 Å². The Bertz CT molecular complexity index is 453. The van der Waals surface area contributed by atoms with E-state index in [9.17, 15) is 4.79 Å². The van der Waals surface area contributed by atoms with Crippen LogP contribution in [0.2, 0.25) is 0 Å². The van der Waals surface area contributed by atoms with Gasteiger partial charge in [-0.2, -0.15) is 0 Å². The van der Waals surface area contributed by atoms with Crippen molar-refractivity contribution >= 4 is 11.6 Å². The smallest absolute Gasteiger partial charge is 0.251 e. The summed E-state index contributed by atoms with van der Waals surface area (Å²) in [6.45, 7) is 2.43. The molecule has 1 aliphatic rings. The number of nitrogens with one attached hydrogen (secondary N) is 2. The molecule has 1 aliphatic heterocycles. The van der Waals surface area contributed by atoms with E-state index in [4.69, 9.17) is 5.11 Å². The van der Waals surface area contributed by atoms with Crippen molar-refractivity contribution < 1.29 is 9.90 Å². The highest BCUT2D eigenvalue weighted by atomic mass is 16.3. The highest BCUT2D eigenvalue weighted by Crippen LogP contribution is 2.13. The van der Waals surface area contributed by atoms with Crippen molar-refractivity contribution in [2.75, 3.05) is 38.2 Å². The van der Waals surface area contributed by atoms with Crippen LogP contribution in [0.15, 0.2) is 24.3 Å². The number of hydrogen-bond donors (Lipinski definition) is 3. The number of anilines is 1. The van der Waals surface area contributed by atoms with Crippen molar-refractivity contribution in [2.45, 2.75) is 31.7 Å². The maximum absolute atomic E-state index is 12.2. The van der Waals surface area contributed by atoms with E-state index >= 15 is 0 Å². The number of amides is 1. The minimum atomic E-state index is -0.0255. The Morgan fingerprint density at radius 3 is 2.82 bits per heavy atom. The first-order chi connectivity index (χ1) is 10.7. The van der Waals surface area contributed by atoms with Crippen LogP contribution in [-0.4, -0.2) is 50.3 Å². The summed E-state index contributed by atoms with van der Waals surface area (Å²) in [4.78, 5) is 14.1. The summed E-state index contributed by atoms with van der Waals surface area (Å²) < 4.78 is 0. The molecule has 0 spiro atoms. The van der Waals surface area contributed by atoms with Gasteiger partial charge in [-0.15, -0.1) is 0 Å². The third kappa shape index (κ3) is 5.00. The Labute approximate surface area is 132 Å². The predicted molar refractivity (Wildman–Crippen MR) is 89.4 cm³/mol. The first kappa shape index (κ1) is 16.8. The van der Waals surface area contributed by atoms with Crippen molar-refractivity contribution in [3.8, 4) is 0 Å². The van der Waals surface area contributed by atoms with Gasteiger partial charge in [0.2, 0.25) is 0 Å². The molecule has 1 atom stereocenters. The van der Waals surface area contributed by atoms with Crippen molar-refractivity contribution in [2.24, 2.45) is 0 Å². The van der Waals surface area contributed by atoms with E-state index in [2.05, 4.69) is 10.6 Å². The molecule has 1 aromatic carbocycles. The number of carbonyl (C=O) groups is 1. The molecule has 1 saturated heterocycles. The molecule has 1 heterocycles. The van der Waals surface area contributed by atoms with Gasteiger partial charge in [-0.3, -0.25) is 4.79 Å². The number of benzene rings is 1. The largest absolute Gasteiger partial charge is 0.395 e. The van der Waals surface area contributed by atoms with Gasteiger partial charge in [0.25, 0.3) is 5.91 Å². The molecule has 0 aromatic heterocycles. The average Bonchev–Trinajstić information content (AvgIpc) is 2.82. The van der Waals surface area contributed by atoms with E-state index < -0.39 is 0 Å². The van der Waals surface area contributed by atoms with E-state index in [1.807, 2.05) is 36.2 Å². The summed E-state index contributed by atoms with van der Waals surface area (Å²) in [6, 6.07) is 7.88. The number of carbonyl (C=O) groups excluding carboxylic acids is 1. The van der Waals surface area contributed by atoms with Crippen molar-refractivity contribution in [3.05, 3.63) is 29.8 Å². The Morgan fingerprint density at radius 1 is 1.32 bits per heavy atom. The maximum Gasteiger partial charge on any atom is 0.251 e. The quantitative estimate of drug-likeness (QED) is 0.743. The summed E-state index contributed by atoms with van der Waals surface area (Å²) >= 11 is 0. The predicted octanol–water partition coefficient (Wildman–Crippen LogP) is 1.38. The van der Waals surface area contributed by atoms with Crippen LogP contribution in [0, 0.1) is 0 Å². The zero-order chi connectivity index (χ0) is 15.8. The van der Waals surface area contributed by atoms with E-state index in [0.29, 0.717) is 24.7 Å². The number of aliphatic hydroxyl groups excluding tert-OH is 1. The van der Waals surface area contributed by atoms with Gasteiger partial charge in [0.1, 0.15) is 0 Å². The fourth-order valence-corrected chi connectivity index (χ4v) is 2.74. The van der Waals surface area contributed by atoms with E-state index in [0.717, 1.165) is 18.7 Å². The highest BCUT2D eigenvalue weighted by Gasteiger charge is 2.13. The zero-order valence-corrected chi connectivity index (χ0v) is 13.3. The molecule has 122 valence electrons. The topological polar surface area (TPSA) is 64.6 Å². The molecule has 22 heavy (non-hydrogen) atoms. The molecular formula is C17H27N3O2. The minimum absolute atomic E-state index is 0.0255. The van der Waals surface area contributed by atoms with Gasteiger partial charge in [0.05, 0.1) is 6.61 Å². The van der Waals surface area contributed by atoms with Crippen LogP contribution in [0.25, 0.3) is 0 Å². The molecule has 1 aromatic rings. The van der Waals surface area contributed by atoms with Gasteiger partial charge >= 0.3 is 0 Å². The molecule has 5 heteroatoms. The van der Waals surface area contributed by atoms with Gasteiger partial charge < -0.3 is 20.6 Å². The SMILES string of the molecule is CN(CCO)c1ccc(C(=O)NC[C@@H]2CCCCCN2)cc1. The molecule has 0 saturated carbocycles. The third-order valence-corrected chi connectivity index (χ3v) is 4.18. The Balaban J connectivity index is 1.84. The maximum atomic E-state index is 12.2. The zero-order valence-electron chi connectivity index (χ0n) is 13.3. The monoisotopic (exact) mass is 305 g/mol. The lowest BCUT2D eigenvalue weighted by Gasteiger charge is -2.18. The van der Waals surface area contributed by atoms with Gasteiger partial charge in [-0.25, -0.2) is 0 Å². The second kappa shape index (κ2) is 8.76. The molecule has 0 radical (unpaired) electrons. The average molecular weight is 305 g/mol. The molecule has 5 nitrogen and oxygen atoms in total. The fourth-order valence-electron chi connectivity index (χ4n) is 2.74. The lowest BCUT2D eigenvalue weighted by Crippen LogP contribution is -2.40. The summed E-state index contributed by atoms with van der Waals surface area (Å²) in [5.74, 6) is -0.0255. The number of rotatable bonds is 6. The highest BCUT2D eigenvalue weighted by molar-refractivity contribution is 5.94. The molecule has 1 fully saturated rings. The van der Waals surface area contributed by atoms with Gasteiger partial charge in [0.15, 0.2) is 0 Å². The van der Waals surface area contributed by atoms with Crippen LogP contribution in [0.3, 0.4) is 0 Å². The van der Waals surface area contributed by atoms with Gasteiger partial charge in [-0.05, 0) is 43.7 Å². The van der Waals surface area contributed by atoms with Crippen LogP contribution in [0.1, 0.15) is 36.0 Å². The molecular weight excluding hydrogens is 278 g/mol. The summed E-state index contributed by atoms with van der Waals surface area (Å²) in [6.07, 6.45) is 4.87. The number of aliphatic hydroxyl groups is 1. The Hall–Kier alpha value is -1.59. The van der Waals surface area contributed by atoms with E-state index in [1.54, 1.807) is 0 Å². The molecule has 0 bridgehead atoms. The Morgan fingerprint density at radius 2 is 2.09 bits per heavy atom. The van der Waals surface area contributed by atoms with E-state index in [1.165, 1.54) is 19.3 Å². The fraction of sp³-hybridized carbons (Fsp3) is 0.588. The number of hydrogen-bond acceptors (Lipinski definition) is 4. The van der Waals surface area contributed by atoms with Gasteiger partial charge in [0, 0.05) is 37.4 Å². The summed E-state index contributed by atoms with van der Waals surface area (Å²) in [5.41, 5.74) is 1.67. The van der Waals surface area contributed by atoms with Crippen LogP contribution < -0.4 is 15.5 Å². The second-order valence-corrected chi connectivity index (χ2v) is 5.90. The van der Waals surface area contributed by atoms with E-state index in [-0.39, 0.29) is 12.5 Å². The van der Waals surface area contributed by atoms with Crippen LogP contribution >= 0.6 is 0 Å². The van der Waals surface area contributed by atoms with Crippen molar-refractivity contribution in [3.63, 3.8) is 0 Å². The molecule has 0 unspecified atom stereocenters. The van der Waals surface area contributed by atoms with Crippen LogP contribution in [-0.2, 0) is 0 Å². The first-order valence-electron chi connectivity index (χ1n) is 8.14. The van der Waals surface area contributed by atoms with Crippen LogP contribution in [0.4, 0.5) is 5.69 Å². The lowest BCUT2D eigenvalue weighted by molar-refractivity contribution is 0.0949. The lowest BCUT2D eigenvalue weighted by atomic mass is 10.1. The minimum Gasteiger partial charge on any atom is -0.395 e. The van der Waals surface area contributed by atoms with Crippen molar-refractivity contribution in [1.29, 1.82) is 0 Å². The number of likely N-dealkylation sites (N-methyl/N-ethyl adjacent to an activating group) is 1. The van der Waals surface area contributed by atoms with Crippen LogP contribution in [0.5, 0.6) is 0 Å². The summed E-state index contributed by atoms with van der Waals surface area (Å²) in [7, 11) is 1.92. The Kier molecular flexibility index (Phi) is 6.68. The molecule has 0 aliphatic carbocycles. The summed E-state index contributed by atoms with van der Waals surface area (Å²) in [5, 5.41) is 15.4. The molecule has 3 N–H and O–H groups in total. The first-order valence-corrected chi connectivity index (χ1v) is 8.14. The standard InChI is InChI=1S/C17H27N3O2/c1-20(11-12-21)16-8-6-14(7-9-16)17(22)19-13-15-5-3-2-4-10-18-15/h6-9,15,18,21H,2-5,10-13H2,1H3,(H,19,22)/t15-/m0/s1. The number of nitrogens with zero attached hydrogens (tertiary/aromatic N) is 1. The second-order valence-electron chi connectivity index (χ2n) is 5.90.